The summed E-state index contributed by atoms with van der Waals surface area (Å²) in [6.07, 6.45) is 0. The van der Waals surface area contributed by atoms with Crippen molar-refractivity contribution in [2.24, 2.45) is 0 Å². The smallest absolute Gasteiger partial charge is 0.813 e. The molecule has 0 rings (SSSR count). The van der Waals surface area contributed by atoms with E-state index in [0.717, 1.165) is 0 Å². The fourth-order valence-corrected chi connectivity index (χ4v) is 18.1. The van der Waals surface area contributed by atoms with Crippen LogP contribution >= 0.6 is 0 Å². The Morgan fingerprint density at radius 2 is 0.500 bits per heavy atom. The Labute approximate surface area is 180 Å². The van der Waals surface area contributed by atoms with E-state index < -0.39 is 32.9 Å². The fraction of sp³-hybridized carbons (Fsp3) is 1.00. The minimum atomic E-state index is -1.11. The van der Waals surface area contributed by atoms with Gasteiger partial charge in [0.05, 0.1) is 0 Å². The Kier molecular flexibility index (Phi) is 26.4. The van der Waals surface area contributed by atoms with Gasteiger partial charge in [0.15, 0.2) is 0 Å². The molecule has 22 heavy (non-hydrogen) atoms. The van der Waals surface area contributed by atoms with Crippen LogP contribution in [0.25, 0.3) is 9.30 Å². The zero-order valence-corrected chi connectivity index (χ0v) is 24.5. The van der Waals surface area contributed by atoms with E-state index in [1.807, 2.05) is 0 Å². The number of hydrogen-bond donors (Lipinski definition) is 0. The van der Waals surface area contributed by atoms with E-state index in [1.54, 1.807) is 0 Å². The zero-order chi connectivity index (χ0) is 15.4. The van der Waals surface area contributed by atoms with E-state index in [0.29, 0.717) is 0 Å². The molecule has 0 aliphatic carbocycles. The molecule has 0 fully saturated rings. The normalized spacial score (nSPS) is 11.5. The van der Waals surface area contributed by atoms with Gasteiger partial charge in [-0.05, 0) is 0 Å². The number of hydrogen-bond acceptors (Lipinski definition) is 2. The van der Waals surface area contributed by atoms with Crippen LogP contribution in [0.5, 0.6) is 0 Å². The summed E-state index contributed by atoms with van der Waals surface area (Å²) in [5.41, 5.74) is 0. The van der Waals surface area contributed by atoms with E-state index in [-0.39, 0.29) is 61.1 Å². The summed E-state index contributed by atoms with van der Waals surface area (Å²) in [5.74, 6) is 0. The first-order valence-corrected chi connectivity index (χ1v) is 20.7. The molecule has 0 N–H and O–H groups in total. The Morgan fingerprint density at radius 1 is 0.409 bits per heavy atom. The Bertz CT molecular complexity index is 197. The molecule has 0 aliphatic heterocycles. The van der Waals surface area contributed by atoms with Crippen LogP contribution in [0, 0.1) is 0 Å². The second kappa shape index (κ2) is 14.7. The largest absolute Gasteiger partial charge is 3.00 e. The molecule has 2 nitrogen and oxygen atoms in total. The van der Waals surface area contributed by atoms with Crippen molar-refractivity contribution in [2.75, 3.05) is 0 Å². The molecule has 0 heterocycles. The van der Waals surface area contributed by atoms with E-state index in [1.165, 1.54) is 0 Å². The van der Waals surface area contributed by atoms with Gasteiger partial charge in [-0.25, -0.2) is 0 Å². The second-order valence-electron chi connectivity index (χ2n) is 8.91. The van der Waals surface area contributed by atoms with Crippen molar-refractivity contribution in [1.82, 2.24) is 0 Å². The number of thiol groups is 2. The van der Waals surface area contributed by atoms with Crippen LogP contribution in [0.15, 0.2) is 0 Å². The first-order chi connectivity index (χ1) is 7.41. The van der Waals surface area contributed by atoms with Crippen LogP contribution in [0.1, 0.15) is 0 Å². The van der Waals surface area contributed by atoms with Crippen LogP contribution in [-0.4, -0.2) is 32.9 Å². The average molecular weight is 499 g/mol. The van der Waals surface area contributed by atoms with Gasteiger partial charge >= 0.3 is 17.1 Å². The number of rotatable bonds is 4. The van der Waals surface area contributed by atoms with Crippen LogP contribution in [0.3, 0.4) is 0 Å². The Morgan fingerprint density at radius 3 is 0.500 bits per heavy atom. The monoisotopic (exact) mass is 498 g/mol. The third-order valence-electron chi connectivity index (χ3n) is 1.34. The molecule has 0 aromatic carbocycles. The maximum Gasteiger partial charge on any atom is 3.00 e. The summed E-state index contributed by atoms with van der Waals surface area (Å²) in [6.45, 7) is 27.6. The minimum absolute atomic E-state index is 0. The van der Waals surface area contributed by atoms with Crippen molar-refractivity contribution >= 4 is 59.9 Å². The summed E-state index contributed by atoms with van der Waals surface area (Å²) in [4.78, 5) is 0. The Balaban J connectivity index is -0.0000000492. The van der Waals surface area contributed by atoms with Crippen molar-refractivity contribution in [3.05, 3.63) is 9.30 Å². The van der Waals surface area contributed by atoms with Gasteiger partial charge in [0, 0.05) is 17.1 Å². The van der Waals surface area contributed by atoms with Gasteiger partial charge in [0.2, 0.25) is 0 Å². The first kappa shape index (κ1) is 39.6. The van der Waals surface area contributed by atoms with Gasteiger partial charge in [0.1, 0.15) is 0 Å². The van der Waals surface area contributed by atoms with Crippen molar-refractivity contribution < 1.29 is 34.1 Å². The molecule has 0 saturated heterocycles. The minimum Gasteiger partial charge on any atom is -0.813 e. The van der Waals surface area contributed by atoms with E-state index >= 15 is 0 Å². The molecule has 0 spiro atoms. The fourth-order valence-electron chi connectivity index (χ4n) is 2.01. The molecule has 0 aliphatic rings. The van der Waals surface area contributed by atoms with Gasteiger partial charge < -0.3 is 36.3 Å². The van der Waals surface area contributed by atoms with Gasteiger partial charge in [0.25, 0.3) is 0 Å². The van der Waals surface area contributed by atoms with Crippen molar-refractivity contribution in [1.29, 1.82) is 0 Å². The molecule has 141 valence electrons. The Hall–Kier alpha value is 2.53. The quantitative estimate of drug-likeness (QED) is 0.290. The molecule has 0 saturated carbocycles. The molecule has 0 amide bonds. The van der Waals surface area contributed by atoms with Crippen LogP contribution in [0.4, 0.5) is 0 Å². The first-order valence-electron chi connectivity index (χ1n) is 6.89. The molecule has 0 bridgehead atoms. The predicted molar refractivity (Wildman–Crippen MR) is 118 cm³/mol. The van der Waals surface area contributed by atoms with Crippen molar-refractivity contribution in [3.63, 3.8) is 0 Å². The summed E-state index contributed by atoms with van der Waals surface area (Å²) < 4.78 is 9.64. The zero-order valence-electron chi connectivity index (χ0n) is 16.5. The third-order valence-corrected chi connectivity index (χ3v) is 12.1. The molecular weight excluding hydrogens is 460 g/mol. The van der Waals surface area contributed by atoms with Gasteiger partial charge in [-0.3, -0.25) is 0 Å². The van der Waals surface area contributed by atoms with Crippen molar-refractivity contribution in [2.45, 2.75) is 78.6 Å². The summed E-state index contributed by atoms with van der Waals surface area (Å²) in [5, 5.41) is 0. The molecule has 0 aromatic rings. The third kappa shape index (κ3) is 49.5. The van der Waals surface area contributed by atoms with Crippen molar-refractivity contribution in [3.8, 4) is 0 Å². The van der Waals surface area contributed by atoms with Gasteiger partial charge in [-0.2, -0.15) is 0 Å². The number of nitrogens with zero attached hydrogens (tertiary/aromatic N) is 2. The molecular formula is C12H38Fe2N2S2Si4-. The van der Waals surface area contributed by atoms with Gasteiger partial charge in [-0.15, -0.1) is 0 Å². The second-order valence-corrected chi connectivity index (χ2v) is 28.1. The van der Waals surface area contributed by atoms with Crippen LogP contribution in [0.2, 0.25) is 78.6 Å². The molecule has 10 heteroatoms. The maximum atomic E-state index is 4.82. The molecule has 0 aromatic heterocycles. The van der Waals surface area contributed by atoms with Gasteiger partial charge in [-0.1, -0.05) is 112 Å². The summed E-state index contributed by atoms with van der Waals surface area (Å²) in [6, 6.07) is 0. The SMILES string of the molecule is C[Si](C)(C)[N-][Si](C)(C)C.C[Si](C)(C)[N-][Si](C)(C)C.[Fe+3].[Fe].[SH-].[SH-]. The molecule has 0 atom stereocenters. The average Bonchev–Trinajstić information content (AvgIpc) is 1.64. The molecule has 1 radical (unpaired) electrons. The van der Waals surface area contributed by atoms with Crippen LogP contribution in [-0.2, 0) is 61.1 Å². The summed E-state index contributed by atoms with van der Waals surface area (Å²) in [7, 11) is -4.42. The topological polar surface area (TPSA) is 28.2 Å². The van der Waals surface area contributed by atoms with E-state index in [2.05, 4.69) is 78.6 Å². The standard InChI is InChI=1S/2C6H18NSi2.2Fe.2H2S/c2*1-8(2,3)7-9(4,5)6;;;;/h2*1-6H3;;;2*1H2/q2*-1;;+3;;/p-2. The van der Waals surface area contributed by atoms with Crippen LogP contribution < -0.4 is 0 Å². The molecule has 0 unspecified atom stereocenters. The van der Waals surface area contributed by atoms with E-state index in [4.69, 9.17) is 9.30 Å². The summed E-state index contributed by atoms with van der Waals surface area (Å²) >= 11 is 0. The van der Waals surface area contributed by atoms with E-state index in [9.17, 15) is 0 Å². The predicted octanol–water partition coefficient (Wildman–Crippen LogP) is 5.51. The maximum absolute atomic E-state index is 4.82.